The van der Waals surface area contributed by atoms with Gasteiger partial charge in [0.15, 0.2) is 11.6 Å². The number of aromatic nitrogens is 4. The summed E-state index contributed by atoms with van der Waals surface area (Å²) < 4.78 is 28.0. The molecule has 130 valence electrons. The minimum atomic E-state index is -0.773. The van der Waals surface area contributed by atoms with Gasteiger partial charge < -0.3 is 4.90 Å². The van der Waals surface area contributed by atoms with Crippen LogP contribution in [0, 0.1) is 17.6 Å². The number of benzene rings is 1. The van der Waals surface area contributed by atoms with E-state index in [0.29, 0.717) is 5.92 Å². The molecule has 2 aromatic rings. The number of piperidine rings is 1. The first-order chi connectivity index (χ1) is 11.7. The van der Waals surface area contributed by atoms with E-state index >= 15 is 0 Å². The number of aryl methyl sites for hydroxylation is 2. The van der Waals surface area contributed by atoms with Crippen molar-refractivity contribution in [2.75, 3.05) is 19.6 Å². The summed E-state index contributed by atoms with van der Waals surface area (Å²) in [7, 11) is 0. The predicted octanol–water partition coefficient (Wildman–Crippen LogP) is 2.69. The van der Waals surface area contributed by atoms with E-state index in [1.54, 1.807) is 17.1 Å². The first-order valence-corrected chi connectivity index (χ1v) is 8.58. The smallest absolute Gasteiger partial charge is 0.159 e. The lowest BCUT2D eigenvalue weighted by Crippen LogP contribution is -2.36. The van der Waals surface area contributed by atoms with Crippen LogP contribution in [-0.2, 0) is 13.0 Å². The molecule has 5 nitrogen and oxygen atoms in total. The highest BCUT2D eigenvalue weighted by molar-refractivity contribution is 5.17. The number of likely N-dealkylation sites (tertiary alicyclic amines) is 1. The summed E-state index contributed by atoms with van der Waals surface area (Å²) in [6.45, 7) is 4.10. The van der Waals surface area contributed by atoms with Crippen LogP contribution < -0.4 is 0 Å². The third-order valence-electron chi connectivity index (χ3n) is 4.68. The third kappa shape index (κ3) is 4.80. The standard InChI is InChI=1S/C17H23F2N5/c18-16-7-6-14(11-17(16)19)4-5-15-3-1-8-23(12-15)9-2-10-24-13-20-21-22-24/h6-7,11,13,15H,1-5,8-10,12H2. The van der Waals surface area contributed by atoms with Gasteiger partial charge in [-0.3, -0.25) is 0 Å². The van der Waals surface area contributed by atoms with Gasteiger partial charge in [-0.25, -0.2) is 13.5 Å². The Morgan fingerprint density at radius 3 is 2.88 bits per heavy atom. The van der Waals surface area contributed by atoms with Crippen molar-refractivity contribution in [2.45, 2.75) is 38.6 Å². The maximum Gasteiger partial charge on any atom is 0.159 e. The van der Waals surface area contributed by atoms with Gasteiger partial charge >= 0.3 is 0 Å². The van der Waals surface area contributed by atoms with E-state index in [2.05, 4.69) is 20.4 Å². The summed E-state index contributed by atoms with van der Waals surface area (Å²) in [5.74, 6) is -0.898. The van der Waals surface area contributed by atoms with E-state index in [-0.39, 0.29) is 0 Å². The number of halogens is 2. The lowest BCUT2D eigenvalue weighted by molar-refractivity contribution is 0.164. The maximum absolute atomic E-state index is 13.3. The quantitative estimate of drug-likeness (QED) is 0.780. The number of hydrogen-bond acceptors (Lipinski definition) is 4. The zero-order valence-corrected chi connectivity index (χ0v) is 13.7. The van der Waals surface area contributed by atoms with Crippen molar-refractivity contribution in [2.24, 2.45) is 5.92 Å². The Hall–Kier alpha value is -1.89. The molecule has 0 N–H and O–H groups in total. The Morgan fingerprint density at radius 1 is 1.17 bits per heavy atom. The van der Waals surface area contributed by atoms with Crippen LogP contribution in [0.25, 0.3) is 0 Å². The number of nitrogens with zero attached hydrogens (tertiary/aromatic N) is 5. The van der Waals surface area contributed by atoms with E-state index in [1.165, 1.54) is 25.0 Å². The van der Waals surface area contributed by atoms with Crippen molar-refractivity contribution < 1.29 is 8.78 Å². The molecule has 7 heteroatoms. The highest BCUT2D eigenvalue weighted by atomic mass is 19.2. The van der Waals surface area contributed by atoms with Crippen LogP contribution in [0.15, 0.2) is 24.5 Å². The van der Waals surface area contributed by atoms with Gasteiger partial charge in [0, 0.05) is 13.1 Å². The maximum atomic E-state index is 13.3. The van der Waals surface area contributed by atoms with E-state index in [0.717, 1.165) is 51.0 Å². The second-order valence-electron chi connectivity index (χ2n) is 6.52. The molecular formula is C17H23F2N5. The molecule has 0 amide bonds. The van der Waals surface area contributed by atoms with Crippen molar-refractivity contribution in [3.63, 3.8) is 0 Å². The van der Waals surface area contributed by atoms with Gasteiger partial charge in [-0.05, 0) is 79.2 Å². The van der Waals surface area contributed by atoms with Crippen LogP contribution in [0.3, 0.4) is 0 Å². The summed E-state index contributed by atoms with van der Waals surface area (Å²) >= 11 is 0. The lowest BCUT2D eigenvalue weighted by Gasteiger charge is -2.32. The molecule has 1 atom stereocenters. The third-order valence-corrected chi connectivity index (χ3v) is 4.68. The average Bonchev–Trinajstić information content (AvgIpc) is 3.10. The van der Waals surface area contributed by atoms with Crippen molar-refractivity contribution in [1.29, 1.82) is 0 Å². The van der Waals surface area contributed by atoms with Gasteiger partial charge in [-0.15, -0.1) is 5.10 Å². The Bertz CT molecular complexity index is 632. The van der Waals surface area contributed by atoms with Crippen LogP contribution in [0.1, 0.15) is 31.2 Å². The molecule has 2 heterocycles. The molecule has 0 spiro atoms. The van der Waals surface area contributed by atoms with Gasteiger partial charge in [-0.1, -0.05) is 6.07 Å². The predicted molar refractivity (Wildman–Crippen MR) is 86.3 cm³/mol. The van der Waals surface area contributed by atoms with E-state index < -0.39 is 11.6 Å². The van der Waals surface area contributed by atoms with E-state index in [9.17, 15) is 8.78 Å². The van der Waals surface area contributed by atoms with E-state index in [4.69, 9.17) is 0 Å². The monoisotopic (exact) mass is 335 g/mol. The second kappa shape index (κ2) is 8.28. The van der Waals surface area contributed by atoms with Crippen LogP contribution in [0.5, 0.6) is 0 Å². The molecular weight excluding hydrogens is 312 g/mol. The molecule has 24 heavy (non-hydrogen) atoms. The molecule has 1 aromatic heterocycles. The number of hydrogen-bond donors (Lipinski definition) is 0. The summed E-state index contributed by atoms with van der Waals surface area (Å²) in [5.41, 5.74) is 0.879. The summed E-state index contributed by atoms with van der Waals surface area (Å²) in [6, 6.07) is 4.23. The molecule has 1 fully saturated rings. The zero-order chi connectivity index (χ0) is 16.8. The van der Waals surface area contributed by atoms with Gasteiger partial charge in [0.05, 0.1) is 0 Å². The fraction of sp³-hybridized carbons (Fsp3) is 0.588. The Labute approximate surface area is 140 Å². The van der Waals surface area contributed by atoms with Gasteiger partial charge in [0.25, 0.3) is 0 Å². The van der Waals surface area contributed by atoms with E-state index in [1.807, 2.05) is 0 Å². The Kier molecular flexibility index (Phi) is 5.85. The van der Waals surface area contributed by atoms with Crippen LogP contribution in [0.4, 0.5) is 8.78 Å². The van der Waals surface area contributed by atoms with Crippen molar-refractivity contribution in [3.05, 3.63) is 41.7 Å². The molecule has 1 aliphatic heterocycles. The normalized spacial score (nSPS) is 18.8. The molecule has 1 saturated heterocycles. The topological polar surface area (TPSA) is 46.8 Å². The SMILES string of the molecule is Fc1ccc(CCC2CCCN(CCCn3cnnn3)C2)cc1F. The minimum Gasteiger partial charge on any atom is -0.303 e. The molecule has 1 aliphatic rings. The van der Waals surface area contributed by atoms with Gasteiger partial charge in [0.1, 0.15) is 6.33 Å². The molecule has 0 radical (unpaired) electrons. The van der Waals surface area contributed by atoms with Crippen molar-refractivity contribution in [3.8, 4) is 0 Å². The highest BCUT2D eigenvalue weighted by Crippen LogP contribution is 2.22. The number of rotatable bonds is 7. The first-order valence-electron chi connectivity index (χ1n) is 8.58. The first kappa shape index (κ1) is 17.0. The molecule has 0 saturated carbocycles. The summed E-state index contributed by atoms with van der Waals surface area (Å²) in [4.78, 5) is 2.49. The highest BCUT2D eigenvalue weighted by Gasteiger charge is 2.19. The fourth-order valence-electron chi connectivity index (χ4n) is 3.39. The summed E-state index contributed by atoms with van der Waals surface area (Å²) in [6.07, 6.45) is 6.91. The van der Waals surface area contributed by atoms with Crippen LogP contribution >= 0.6 is 0 Å². The molecule has 1 unspecified atom stereocenters. The van der Waals surface area contributed by atoms with Crippen LogP contribution in [0.2, 0.25) is 0 Å². The Balaban J connectivity index is 1.40. The Morgan fingerprint density at radius 2 is 2.08 bits per heavy atom. The fourth-order valence-corrected chi connectivity index (χ4v) is 3.39. The number of tetrazole rings is 1. The lowest BCUT2D eigenvalue weighted by atomic mass is 9.91. The molecule has 0 bridgehead atoms. The van der Waals surface area contributed by atoms with Gasteiger partial charge in [-0.2, -0.15) is 0 Å². The summed E-state index contributed by atoms with van der Waals surface area (Å²) in [5, 5.41) is 11.1. The van der Waals surface area contributed by atoms with Gasteiger partial charge in [0.2, 0.25) is 0 Å². The van der Waals surface area contributed by atoms with Crippen LogP contribution in [-0.4, -0.2) is 44.7 Å². The zero-order valence-electron chi connectivity index (χ0n) is 13.7. The largest absolute Gasteiger partial charge is 0.303 e. The minimum absolute atomic E-state index is 0.625. The van der Waals surface area contributed by atoms with Crippen molar-refractivity contribution in [1.82, 2.24) is 25.1 Å². The molecule has 3 rings (SSSR count). The molecule has 0 aliphatic carbocycles. The molecule has 1 aromatic carbocycles. The van der Waals surface area contributed by atoms with Crippen molar-refractivity contribution >= 4 is 0 Å². The average molecular weight is 335 g/mol. The second-order valence-corrected chi connectivity index (χ2v) is 6.52.